The van der Waals surface area contributed by atoms with Gasteiger partial charge in [-0.2, -0.15) is 0 Å². The third-order valence-corrected chi connectivity index (χ3v) is 7.85. The van der Waals surface area contributed by atoms with Crippen molar-refractivity contribution in [3.63, 3.8) is 0 Å². The van der Waals surface area contributed by atoms with Crippen LogP contribution in [0.15, 0.2) is 41.2 Å². The average molecular weight is 463 g/mol. The Kier molecular flexibility index (Phi) is 6.30. The normalized spacial score (nSPS) is 22.4. The minimum Gasteiger partial charge on any atom is -0.368 e. The Morgan fingerprint density at radius 1 is 0.941 bits per heavy atom. The number of fused-ring (bicyclic) bond motifs is 4. The van der Waals surface area contributed by atoms with Gasteiger partial charge in [0.2, 0.25) is 5.91 Å². The summed E-state index contributed by atoms with van der Waals surface area (Å²) >= 11 is 0. The molecule has 7 nitrogen and oxygen atoms in total. The highest BCUT2D eigenvalue weighted by Gasteiger charge is 2.35. The minimum absolute atomic E-state index is 0.00705. The topological polar surface area (TPSA) is 65.9 Å². The summed E-state index contributed by atoms with van der Waals surface area (Å²) in [7, 11) is 0. The van der Waals surface area contributed by atoms with E-state index in [9.17, 15) is 14.4 Å². The molecule has 2 fully saturated rings. The summed E-state index contributed by atoms with van der Waals surface area (Å²) in [5.41, 5.74) is 4.96. The van der Waals surface area contributed by atoms with E-state index < -0.39 is 0 Å². The predicted octanol–water partition coefficient (Wildman–Crippen LogP) is 2.19. The number of benzene rings is 1. The molecule has 7 heteroatoms. The number of carbonyl (C=O) groups excluding carboxylic acids is 2. The van der Waals surface area contributed by atoms with Gasteiger partial charge in [0, 0.05) is 69.2 Å². The second-order valence-corrected chi connectivity index (χ2v) is 10.2. The zero-order chi connectivity index (χ0) is 23.8. The molecule has 0 spiro atoms. The van der Waals surface area contributed by atoms with Crippen molar-refractivity contribution < 1.29 is 9.59 Å². The second-order valence-electron chi connectivity index (χ2n) is 10.2. The maximum absolute atomic E-state index is 12.8. The Hall–Kier alpha value is -2.93. The van der Waals surface area contributed by atoms with E-state index in [4.69, 9.17) is 0 Å². The van der Waals surface area contributed by atoms with E-state index in [-0.39, 0.29) is 29.6 Å². The Morgan fingerprint density at radius 3 is 2.50 bits per heavy atom. The van der Waals surface area contributed by atoms with Crippen LogP contribution in [0.3, 0.4) is 0 Å². The molecule has 34 heavy (non-hydrogen) atoms. The summed E-state index contributed by atoms with van der Waals surface area (Å²) in [6, 6.07) is 11.8. The SMILES string of the molecule is Cc1cccc(N2CCN(C(=O)CC(=O)CN3CC4CC(C3)c3cccc(=O)n3C4)CC2)c1C. The molecule has 0 N–H and O–H groups in total. The van der Waals surface area contributed by atoms with Crippen LogP contribution >= 0.6 is 0 Å². The molecule has 1 aromatic heterocycles. The quantitative estimate of drug-likeness (QED) is 0.638. The van der Waals surface area contributed by atoms with E-state index in [0.29, 0.717) is 25.6 Å². The van der Waals surface area contributed by atoms with Crippen LogP contribution in [0.2, 0.25) is 0 Å². The van der Waals surface area contributed by atoms with Crippen molar-refractivity contribution in [3.8, 4) is 0 Å². The maximum Gasteiger partial charge on any atom is 0.250 e. The van der Waals surface area contributed by atoms with Gasteiger partial charge in [0.25, 0.3) is 5.56 Å². The number of piperidine rings is 1. The molecule has 0 saturated carbocycles. The highest BCUT2D eigenvalue weighted by Crippen LogP contribution is 2.34. The fraction of sp³-hybridized carbons (Fsp3) is 0.519. The molecule has 3 aliphatic heterocycles. The van der Waals surface area contributed by atoms with Crippen molar-refractivity contribution in [1.82, 2.24) is 14.4 Å². The van der Waals surface area contributed by atoms with E-state index in [1.807, 2.05) is 21.6 Å². The standard InChI is InChI=1S/C27H34N4O3/c1-19-5-3-6-24(20(19)2)29-9-11-30(12-10-29)27(34)14-23(32)18-28-15-21-13-22(17-28)25-7-4-8-26(33)31(25)16-21/h3-8,21-22H,9-18H2,1-2H3. The van der Waals surface area contributed by atoms with Crippen molar-refractivity contribution in [2.45, 2.75) is 39.2 Å². The smallest absolute Gasteiger partial charge is 0.250 e. The number of pyridine rings is 1. The van der Waals surface area contributed by atoms with Gasteiger partial charge >= 0.3 is 0 Å². The first-order chi connectivity index (χ1) is 16.4. The number of carbonyl (C=O) groups is 2. The number of likely N-dealkylation sites (tertiary alicyclic amines) is 1. The summed E-state index contributed by atoms with van der Waals surface area (Å²) in [6.07, 6.45) is 1.04. The third-order valence-electron chi connectivity index (χ3n) is 7.85. The Labute approximate surface area is 201 Å². The van der Waals surface area contributed by atoms with Crippen LogP contribution in [-0.4, -0.2) is 71.9 Å². The van der Waals surface area contributed by atoms with E-state index >= 15 is 0 Å². The maximum atomic E-state index is 12.8. The number of Topliss-reactive ketones (excluding diaryl/α,β-unsaturated/α-hetero) is 1. The zero-order valence-corrected chi connectivity index (χ0v) is 20.2. The number of rotatable bonds is 5. The van der Waals surface area contributed by atoms with Crippen LogP contribution < -0.4 is 10.5 Å². The summed E-state index contributed by atoms with van der Waals surface area (Å²) in [5, 5.41) is 0. The molecule has 0 radical (unpaired) electrons. The van der Waals surface area contributed by atoms with Crippen LogP contribution in [0.25, 0.3) is 0 Å². The molecule has 0 aliphatic carbocycles. The molecule has 2 unspecified atom stereocenters. The van der Waals surface area contributed by atoms with Crippen molar-refractivity contribution in [2.24, 2.45) is 5.92 Å². The van der Waals surface area contributed by atoms with Crippen molar-refractivity contribution in [1.29, 1.82) is 0 Å². The molecular formula is C27H34N4O3. The number of hydrogen-bond acceptors (Lipinski definition) is 5. The van der Waals surface area contributed by atoms with Gasteiger partial charge in [-0.1, -0.05) is 18.2 Å². The van der Waals surface area contributed by atoms with Gasteiger partial charge < -0.3 is 14.4 Å². The Bertz CT molecular complexity index is 1150. The molecule has 1 amide bonds. The van der Waals surface area contributed by atoms with Crippen LogP contribution in [-0.2, 0) is 16.1 Å². The van der Waals surface area contributed by atoms with Crippen LogP contribution in [0.4, 0.5) is 5.69 Å². The molecular weight excluding hydrogens is 428 g/mol. The van der Waals surface area contributed by atoms with Gasteiger partial charge in [-0.05, 0) is 49.4 Å². The number of aryl methyl sites for hydroxylation is 1. The van der Waals surface area contributed by atoms with Gasteiger partial charge in [0.15, 0.2) is 5.78 Å². The fourth-order valence-corrected chi connectivity index (χ4v) is 5.99. The number of hydrogen-bond donors (Lipinski definition) is 0. The molecule has 2 bridgehead atoms. The van der Waals surface area contributed by atoms with Gasteiger partial charge in [-0.15, -0.1) is 0 Å². The van der Waals surface area contributed by atoms with Gasteiger partial charge in [-0.25, -0.2) is 0 Å². The molecule has 5 rings (SSSR count). The molecule has 2 saturated heterocycles. The first-order valence-corrected chi connectivity index (χ1v) is 12.4. The molecule has 3 aliphatic rings. The van der Waals surface area contributed by atoms with Crippen molar-refractivity contribution >= 4 is 17.4 Å². The van der Waals surface area contributed by atoms with Crippen LogP contribution in [0, 0.1) is 19.8 Å². The number of nitrogens with zero attached hydrogens (tertiary/aromatic N) is 4. The number of anilines is 1. The van der Waals surface area contributed by atoms with E-state index in [2.05, 4.69) is 41.8 Å². The summed E-state index contributed by atoms with van der Waals surface area (Å²) in [6.45, 7) is 9.78. The summed E-state index contributed by atoms with van der Waals surface area (Å²) in [5.74, 6) is 0.600. The third kappa shape index (κ3) is 4.53. The Morgan fingerprint density at radius 2 is 1.71 bits per heavy atom. The Balaban J connectivity index is 1.13. The zero-order valence-electron chi connectivity index (χ0n) is 20.2. The second kappa shape index (κ2) is 9.37. The lowest BCUT2D eigenvalue weighted by molar-refractivity contribution is -0.136. The number of piperazine rings is 1. The van der Waals surface area contributed by atoms with Gasteiger partial charge in [0.05, 0.1) is 13.0 Å². The van der Waals surface area contributed by atoms with Gasteiger partial charge in [0.1, 0.15) is 0 Å². The van der Waals surface area contributed by atoms with E-state index in [0.717, 1.165) is 44.8 Å². The summed E-state index contributed by atoms with van der Waals surface area (Å²) in [4.78, 5) is 44.2. The lowest BCUT2D eigenvalue weighted by atomic mass is 9.83. The molecule has 2 aromatic rings. The monoisotopic (exact) mass is 462 g/mol. The van der Waals surface area contributed by atoms with E-state index in [1.165, 1.54) is 16.8 Å². The molecule has 2 atom stereocenters. The fourth-order valence-electron chi connectivity index (χ4n) is 5.99. The number of aromatic nitrogens is 1. The molecule has 1 aromatic carbocycles. The van der Waals surface area contributed by atoms with Gasteiger partial charge in [-0.3, -0.25) is 19.3 Å². The largest absolute Gasteiger partial charge is 0.368 e. The van der Waals surface area contributed by atoms with Crippen molar-refractivity contribution in [2.75, 3.05) is 50.7 Å². The highest BCUT2D eigenvalue weighted by atomic mass is 16.2. The van der Waals surface area contributed by atoms with E-state index in [1.54, 1.807) is 6.07 Å². The summed E-state index contributed by atoms with van der Waals surface area (Å²) < 4.78 is 1.90. The molecule has 4 heterocycles. The lowest BCUT2D eigenvalue weighted by Crippen LogP contribution is -2.50. The number of ketones is 1. The lowest BCUT2D eigenvalue weighted by Gasteiger charge is -2.42. The predicted molar refractivity (Wildman–Crippen MR) is 132 cm³/mol. The minimum atomic E-state index is -0.0558. The van der Waals surface area contributed by atoms with Crippen LogP contribution in [0.5, 0.6) is 0 Å². The average Bonchev–Trinajstić information content (AvgIpc) is 2.81. The number of amides is 1. The first kappa shape index (κ1) is 22.8. The van der Waals surface area contributed by atoms with Crippen LogP contribution in [0.1, 0.15) is 35.6 Å². The first-order valence-electron chi connectivity index (χ1n) is 12.4. The van der Waals surface area contributed by atoms with Crippen molar-refractivity contribution in [3.05, 3.63) is 63.6 Å². The highest BCUT2D eigenvalue weighted by molar-refractivity contribution is 5.99. The molecule has 180 valence electrons.